The Morgan fingerprint density at radius 2 is 0.524 bits per heavy atom. The van der Waals surface area contributed by atoms with Crippen LogP contribution in [0.3, 0.4) is 0 Å². The van der Waals surface area contributed by atoms with Gasteiger partial charge in [0.25, 0.3) is 0 Å². The van der Waals surface area contributed by atoms with Crippen LogP contribution in [0.25, 0.3) is 0 Å². The van der Waals surface area contributed by atoms with E-state index in [1.54, 1.807) is 0 Å². The minimum absolute atomic E-state index is 0.0897. The molecule has 0 saturated heterocycles. The highest BCUT2D eigenvalue weighted by atomic mass is 31.2. The molecule has 0 heterocycles. The summed E-state index contributed by atoms with van der Waals surface area (Å²) in [7, 11) is -9.79. The Kier molecular flexibility index (Phi) is 74.1. The van der Waals surface area contributed by atoms with Gasteiger partial charge in [0.15, 0.2) is 6.10 Å². The number of carbonyl (C=O) groups excluding carboxylic acids is 3. The predicted octanol–water partition coefficient (Wildman–Crippen LogP) is 23.9. The van der Waals surface area contributed by atoms with Crippen LogP contribution in [0.2, 0.25) is 0 Å². The highest BCUT2D eigenvalue weighted by Crippen LogP contribution is 2.45. The Morgan fingerprint density at radius 3 is 0.854 bits per heavy atom. The van der Waals surface area contributed by atoms with Crippen LogP contribution in [0.15, 0.2) is 134 Å². The smallest absolute Gasteiger partial charge is 0.463 e. The maximum absolute atomic E-state index is 12.9. The SMILES string of the molecule is CC/C=C\C/C=C\C/C=C\C/C=C\C/C=C\C/C=C\CCCCCCCCCCC(=O)OCC(COP(=O)(O)OCC(O)COP(=O)(O)OCC(O)COC(=O)CCCCCCCCCCCCCCC/C=C\C/C=C\C/C=C\C/C=C\CCCCC)OC(=O)CCCCCCC/C=C\CCCC. The molecule has 0 saturated carbocycles. The molecule has 5 unspecified atom stereocenters. The number of allylic oxidation sites excluding steroid dienone is 22. The van der Waals surface area contributed by atoms with Gasteiger partial charge in [-0.3, -0.25) is 32.5 Å². The van der Waals surface area contributed by atoms with Crippen molar-refractivity contribution < 1.29 is 75.8 Å². The Morgan fingerprint density at radius 1 is 0.282 bits per heavy atom. The summed E-state index contributed by atoms with van der Waals surface area (Å²) in [6.07, 6.45) is 93.7. The van der Waals surface area contributed by atoms with E-state index in [4.69, 9.17) is 32.3 Å². The standard InChI is InChI=1S/C85H146O16P2/c1-4-7-10-13-16-19-22-24-26-28-30-32-34-36-38-39-41-43-44-46-48-50-52-54-57-59-62-65-68-71-83(88)95-74-80(86)75-97-102(91,92)98-76-81(87)77-99-103(93,94)100-79-82(101-85(90)73-70-67-64-61-56-21-18-15-12-9-6-3)78-96-84(89)72-69-66-63-60-58-55-53-51-49-47-45-42-40-37-35-33-31-29-27-25-23-20-17-14-11-8-5-2/h8,11,15-20,24-27,30-33,36-38,40,45,47,80-82,86-87H,4-7,9-10,12-14,21-23,28-29,34-35,39,41-44,46,48-79H2,1-3H3,(H,91,92)(H,93,94)/b11-8-,18-15-,19-16-,20-17-,26-24-,27-25-,32-30-,33-31-,38-36-,40-37-,47-45-. The number of hydrogen-bond acceptors (Lipinski definition) is 14. The first kappa shape index (κ1) is 98.7. The van der Waals surface area contributed by atoms with E-state index < -0.39 is 91.5 Å². The van der Waals surface area contributed by atoms with E-state index in [1.807, 2.05) is 0 Å². The average Bonchev–Trinajstić information content (AvgIpc) is 0.912. The quantitative estimate of drug-likeness (QED) is 0.0146. The molecule has 0 bridgehead atoms. The average molecular weight is 1490 g/mol. The summed E-state index contributed by atoms with van der Waals surface area (Å²) < 4.78 is 61.1. The molecule has 0 aliphatic rings. The van der Waals surface area contributed by atoms with E-state index >= 15 is 0 Å². The van der Waals surface area contributed by atoms with E-state index in [9.17, 15) is 43.5 Å². The van der Waals surface area contributed by atoms with Crippen LogP contribution in [0.5, 0.6) is 0 Å². The molecule has 592 valence electrons. The summed E-state index contributed by atoms with van der Waals surface area (Å²) in [6, 6.07) is 0. The van der Waals surface area contributed by atoms with Crippen molar-refractivity contribution in [3.63, 3.8) is 0 Å². The minimum atomic E-state index is -4.93. The summed E-state index contributed by atoms with van der Waals surface area (Å²) in [6.45, 7) is 2.49. The van der Waals surface area contributed by atoms with Crippen LogP contribution in [-0.2, 0) is 55.8 Å². The third-order valence-electron chi connectivity index (χ3n) is 16.8. The second kappa shape index (κ2) is 77.3. The van der Waals surface area contributed by atoms with Crippen LogP contribution in [0.1, 0.15) is 329 Å². The lowest BCUT2D eigenvalue weighted by Crippen LogP contribution is -2.30. The van der Waals surface area contributed by atoms with Gasteiger partial charge in [0.05, 0.1) is 26.4 Å². The van der Waals surface area contributed by atoms with Gasteiger partial charge in [-0.2, -0.15) is 0 Å². The van der Waals surface area contributed by atoms with Crippen molar-refractivity contribution >= 4 is 33.6 Å². The molecular formula is C85H146O16P2. The fourth-order valence-electron chi connectivity index (χ4n) is 10.7. The molecule has 4 N–H and O–H groups in total. The number of ether oxygens (including phenoxy) is 3. The lowest BCUT2D eigenvalue weighted by atomic mass is 10.0. The third kappa shape index (κ3) is 78.6. The number of unbranched alkanes of at least 4 members (excludes halogenated alkanes) is 31. The highest BCUT2D eigenvalue weighted by Gasteiger charge is 2.29. The molecule has 0 aromatic heterocycles. The molecule has 0 aliphatic heterocycles. The number of carbonyl (C=O) groups is 3. The molecule has 0 spiro atoms. The van der Waals surface area contributed by atoms with Crippen LogP contribution in [0.4, 0.5) is 0 Å². The topological polar surface area (TPSA) is 231 Å². The summed E-state index contributed by atoms with van der Waals surface area (Å²) in [5.74, 6) is -1.59. The molecule has 103 heavy (non-hydrogen) atoms. The van der Waals surface area contributed by atoms with Crippen molar-refractivity contribution in [2.24, 2.45) is 0 Å². The first-order valence-corrected chi connectivity index (χ1v) is 43.5. The number of esters is 3. The lowest BCUT2D eigenvalue weighted by Gasteiger charge is -2.21. The van der Waals surface area contributed by atoms with E-state index in [1.165, 1.54) is 109 Å². The van der Waals surface area contributed by atoms with Gasteiger partial charge in [0, 0.05) is 19.3 Å². The molecule has 5 atom stereocenters. The van der Waals surface area contributed by atoms with Crippen molar-refractivity contribution in [2.75, 3.05) is 39.6 Å². The van der Waals surface area contributed by atoms with Crippen molar-refractivity contribution in [3.8, 4) is 0 Å². The fourth-order valence-corrected chi connectivity index (χ4v) is 12.2. The summed E-state index contributed by atoms with van der Waals surface area (Å²) in [5, 5.41) is 20.6. The number of phosphoric acid groups is 2. The van der Waals surface area contributed by atoms with E-state index in [2.05, 4.69) is 154 Å². The number of aliphatic hydroxyl groups is 2. The zero-order valence-electron chi connectivity index (χ0n) is 64.7. The van der Waals surface area contributed by atoms with E-state index in [0.29, 0.717) is 19.3 Å². The molecular weight excluding hydrogens is 1340 g/mol. The van der Waals surface area contributed by atoms with Gasteiger partial charge in [-0.05, 0) is 135 Å². The Hall–Kier alpha value is -4.31. The number of rotatable bonds is 76. The van der Waals surface area contributed by atoms with Gasteiger partial charge in [-0.15, -0.1) is 0 Å². The van der Waals surface area contributed by atoms with Gasteiger partial charge in [0.2, 0.25) is 0 Å². The second-order valence-corrected chi connectivity index (χ2v) is 29.7. The van der Waals surface area contributed by atoms with Crippen molar-refractivity contribution in [2.45, 2.75) is 347 Å². The van der Waals surface area contributed by atoms with Gasteiger partial charge >= 0.3 is 33.6 Å². The van der Waals surface area contributed by atoms with Gasteiger partial charge in [-0.25, -0.2) is 9.13 Å². The molecule has 0 rings (SSSR count). The molecule has 0 aromatic carbocycles. The third-order valence-corrected chi connectivity index (χ3v) is 18.7. The molecule has 0 amide bonds. The number of aliphatic hydroxyl groups excluding tert-OH is 2. The van der Waals surface area contributed by atoms with Crippen LogP contribution in [-0.4, -0.2) is 95.9 Å². The van der Waals surface area contributed by atoms with Crippen LogP contribution >= 0.6 is 15.6 Å². The van der Waals surface area contributed by atoms with Crippen molar-refractivity contribution in [3.05, 3.63) is 134 Å². The Labute approximate surface area is 626 Å². The summed E-state index contributed by atoms with van der Waals surface area (Å²) in [4.78, 5) is 58.6. The fraction of sp³-hybridized carbons (Fsp3) is 0.706. The first-order chi connectivity index (χ1) is 50.2. The molecule has 18 heteroatoms. The molecule has 0 aliphatic carbocycles. The largest absolute Gasteiger partial charge is 0.472 e. The molecule has 0 radical (unpaired) electrons. The zero-order chi connectivity index (χ0) is 75.2. The first-order valence-electron chi connectivity index (χ1n) is 40.5. The van der Waals surface area contributed by atoms with Crippen molar-refractivity contribution in [1.29, 1.82) is 0 Å². The molecule has 16 nitrogen and oxygen atoms in total. The summed E-state index contributed by atoms with van der Waals surface area (Å²) in [5.41, 5.74) is 0. The monoisotopic (exact) mass is 1490 g/mol. The molecule has 0 fully saturated rings. The number of phosphoric ester groups is 2. The maximum atomic E-state index is 12.9. The highest BCUT2D eigenvalue weighted by molar-refractivity contribution is 7.47. The maximum Gasteiger partial charge on any atom is 0.472 e. The van der Waals surface area contributed by atoms with Crippen LogP contribution < -0.4 is 0 Å². The van der Waals surface area contributed by atoms with E-state index in [-0.39, 0.29) is 19.3 Å². The van der Waals surface area contributed by atoms with Gasteiger partial charge in [0.1, 0.15) is 25.4 Å². The number of hydrogen-bond donors (Lipinski definition) is 4. The Balaban J connectivity index is 4.45. The lowest BCUT2D eigenvalue weighted by molar-refractivity contribution is -0.161. The van der Waals surface area contributed by atoms with Gasteiger partial charge < -0.3 is 34.2 Å². The predicted molar refractivity (Wildman–Crippen MR) is 426 cm³/mol. The van der Waals surface area contributed by atoms with E-state index in [0.717, 1.165) is 161 Å². The Bertz CT molecular complexity index is 2410. The van der Waals surface area contributed by atoms with Crippen LogP contribution in [0, 0.1) is 0 Å². The minimum Gasteiger partial charge on any atom is -0.463 e. The molecule has 0 aromatic rings. The van der Waals surface area contributed by atoms with Crippen molar-refractivity contribution in [1.82, 2.24) is 0 Å². The zero-order valence-corrected chi connectivity index (χ0v) is 66.5. The normalized spacial score (nSPS) is 14.7. The van der Waals surface area contributed by atoms with Gasteiger partial charge in [-0.1, -0.05) is 309 Å². The second-order valence-electron chi connectivity index (χ2n) is 26.8. The summed E-state index contributed by atoms with van der Waals surface area (Å²) >= 11 is 0.